The fourth-order valence-corrected chi connectivity index (χ4v) is 2.69. The number of aromatic nitrogens is 2. The molecule has 0 N–H and O–H groups in total. The molecule has 3 rings (SSSR count). The van der Waals surface area contributed by atoms with Gasteiger partial charge in [-0.05, 0) is 31.2 Å². The standard InChI is InChI=1S/C16H14F3N3O/c1-3-11-8-20-22-10(2)9-21(15(23)14(11)22)13-6-4-12(5-7-13)16(17,18)19/h3-8,10H,1,9H2,2H3/t10-/m0/s1. The van der Waals surface area contributed by atoms with Gasteiger partial charge in [0.15, 0.2) is 0 Å². The van der Waals surface area contributed by atoms with Crippen LogP contribution >= 0.6 is 0 Å². The third-order valence-corrected chi connectivity index (χ3v) is 3.86. The second-order valence-electron chi connectivity index (χ2n) is 5.41. The van der Waals surface area contributed by atoms with Gasteiger partial charge in [-0.25, -0.2) is 0 Å². The molecular weight excluding hydrogens is 307 g/mol. The van der Waals surface area contributed by atoms with Crippen LogP contribution in [0, 0.1) is 0 Å². The molecule has 0 spiro atoms. The summed E-state index contributed by atoms with van der Waals surface area (Å²) >= 11 is 0. The van der Waals surface area contributed by atoms with Crippen LogP contribution < -0.4 is 4.90 Å². The number of carbonyl (C=O) groups is 1. The third kappa shape index (κ3) is 2.52. The lowest BCUT2D eigenvalue weighted by Crippen LogP contribution is -2.42. The first kappa shape index (κ1) is 15.3. The quantitative estimate of drug-likeness (QED) is 0.844. The summed E-state index contributed by atoms with van der Waals surface area (Å²) in [5.41, 5.74) is 0.699. The zero-order valence-electron chi connectivity index (χ0n) is 12.3. The predicted octanol–water partition coefficient (Wildman–Crippen LogP) is 3.77. The topological polar surface area (TPSA) is 38.1 Å². The van der Waals surface area contributed by atoms with Gasteiger partial charge in [0.1, 0.15) is 5.69 Å². The van der Waals surface area contributed by atoms with Crippen LogP contribution in [-0.2, 0) is 6.18 Å². The van der Waals surface area contributed by atoms with Crippen molar-refractivity contribution in [2.45, 2.75) is 19.1 Å². The lowest BCUT2D eigenvalue weighted by atomic mass is 10.1. The predicted molar refractivity (Wildman–Crippen MR) is 80.1 cm³/mol. The van der Waals surface area contributed by atoms with Crippen molar-refractivity contribution in [1.82, 2.24) is 9.78 Å². The fourth-order valence-electron chi connectivity index (χ4n) is 2.69. The van der Waals surface area contributed by atoms with Gasteiger partial charge < -0.3 is 4.90 Å². The monoisotopic (exact) mass is 321 g/mol. The van der Waals surface area contributed by atoms with Crippen molar-refractivity contribution >= 4 is 17.7 Å². The largest absolute Gasteiger partial charge is 0.416 e. The van der Waals surface area contributed by atoms with Gasteiger partial charge in [0.2, 0.25) is 0 Å². The van der Waals surface area contributed by atoms with Gasteiger partial charge in [0.25, 0.3) is 5.91 Å². The Morgan fingerprint density at radius 2 is 1.96 bits per heavy atom. The van der Waals surface area contributed by atoms with Crippen LogP contribution in [-0.4, -0.2) is 22.2 Å². The molecule has 23 heavy (non-hydrogen) atoms. The van der Waals surface area contributed by atoms with Gasteiger partial charge in [0, 0.05) is 17.8 Å². The molecule has 1 aliphatic heterocycles. The Bertz CT molecular complexity index is 762. The molecule has 0 unspecified atom stereocenters. The van der Waals surface area contributed by atoms with Crippen molar-refractivity contribution in [1.29, 1.82) is 0 Å². The van der Waals surface area contributed by atoms with E-state index in [1.165, 1.54) is 17.0 Å². The van der Waals surface area contributed by atoms with Crippen LogP contribution in [0.1, 0.15) is 34.6 Å². The van der Waals surface area contributed by atoms with Gasteiger partial charge in [-0.15, -0.1) is 0 Å². The zero-order valence-corrected chi connectivity index (χ0v) is 12.3. The van der Waals surface area contributed by atoms with Gasteiger partial charge in [-0.3, -0.25) is 9.48 Å². The van der Waals surface area contributed by atoms with Gasteiger partial charge >= 0.3 is 6.18 Å². The number of nitrogens with zero attached hydrogens (tertiary/aromatic N) is 3. The Morgan fingerprint density at radius 3 is 2.52 bits per heavy atom. The van der Waals surface area contributed by atoms with Crippen molar-refractivity contribution in [2.24, 2.45) is 0 Å². The highest BCUT2D eigenvalue weighted by Crippen LogP contribution is 2.32. The second kappa shape index (κ2) is 5.26. The van der Waals surface area contributed by atoms with Crippen LogP contribution in [0.2, 0.25) is 0 Å². The van der Waals surface area contributed by atoms with E-state index in [4.69, 9.17) is 0 Å². The van der Waals surface area contributed by atoms with Crippen LogP contribution in [0.25, 0.3) is 6.08 Å². The van der Waals surface area contributed by atoms with Crippen molar-refractivity contribution in [2.75, 3.05) is 11.4 Å². The third-order valence-electron chi connectivity index (χ3n) is 3.86. The summed E-state index contributed by atoms with van der Waals surface area (Å²) in [5, 5.41) is 4.18. The van der Waals surface area contributed by atoms with E-state index in [0.29, 0.717) is 23.5 Å². The van der Waals surface area contributed by atoms with E-state index in [9.17, 15) is 18.0 Å². The fraction of sp³-hybridized carbons (Fsp3) is 0.250. The average molecular weight is 321 g/mol. The first-order valence-corrected chi connectivity index (χ1v) is 7.02. The van der Waals surface area contributed by atoms with Crippen molar-refractivity contribution in [3.63, 3.8) is 0 Å². The van der Waals surface area contributed by atoms with Crippen molar-refractivity contribution in [3.8, 4) is 0 Å². The average Bonchev–Trinajstić information content (AvgIpc) is 2.95. The van der Waals surface area contributed by atoms with Gasteiger partial charge in [0.05, 0.1) is 17.8 Å². The van der Waals surface area contributed by atoms with E-state index in [2.05, 4.69) is 11.7 Å². The minimum Gasteiger partial charge on any atom is -0.305 e. The van der Waals surface area contributed by atoms with E-state index in [1.807, 2.05) is 6.92 Å². The molecule has 1 atom stereocenters. The maximum atomic E-state index is 12.7. The lowest BCUT2D eigenvalue weighted by Gasteiger charge is -2.32. The van der Waals surface area contributed by atoms with E-state index in [1.54, 1.807) is 17.0 Å². The molecule has 1 aromatic heterocycles. The molecule has 2 aromatic rings. The molecule has 1 amide bonds. The number of hydrogen-bond donors (Lipinski definition) is 0. The summed E-state index contributed by atoms with van der Waals surface area (Å²) in [4.78, 5) is 14.1. The number of anilines is 1. The number of halogens is 3. The summed E-state index contributed by atoms with van der Waals surface area (Å²) in [6.07, 6.45) is -1.29. The molecule has 0 fully saturated rings. The number of amides is 1. The van der Waals surface area contributed by atoms with Crippen LogP contribution in [0.5, 0.6) is 0 Å². The minimum atomic E-state index is -4.40. The van der Waals surface area contributed by atoms with Gasteiger partial charge in [-0.1, -0.05) is 12.7 Å². The number of benzene rings is 1. The van der Waals surface area contributed by atoms with Crippen LogP contribution in [0.15, 0.2) is 37.0 Å². The normalized spacial score (nSPS) is 18.0. The molecule has 0 saturated heterocycles. The Balaban J connectivity index is 1.98. The number of alkyl halides is 3. The zero-order chi connectivity index (χ0) is 16.8. The van der Waals surface area contributed by atoms with E-state index < -0.39 is 11.7 Å². The number of fused-ring (bicyclic) bond motifs is 1. The maximum absolute atomic E-state index is 12.7. The molecule has 1 aromatic carbocycles. The molecular formula is C16H14F3N3O. The highest BCUT2D eigenvalue weighted by Gasteiger charge is 2.34. The smallest absolute Gasteiger partial charge is 0.305 e. The molecule has 0 aliphatic carbocycles. The van der Waals surface area contributed by atoms with Crippen molar-refractivity contribution in [3.05, 3.63) is 53.9 Å². The summed E-state index contributed by atoms with van der Waals surface area (Å²) in [6.45, 7) is 5.90. The second-order valence-corrected chi connectivity index (χ2v) is 5.41. The molecule has 2 heterocycles. The molecule has 0 saturated carbocycles. The Morgan fingerprint density at radius 1 is 1.30 bits per heavy atom. The molecule has 120 valence electrons. The summed E-state index contributed by atoms with van der Waals surface area (Å²) in [7, 11) is 0. The summed E-state index contributed by atoms with van der Waals surface area (Å²) in [5.74, 6) is -0.296. The highest BCUT2D eigenvalue weighted by molar-refractivity contribution is 6.07. The summed E-state index contributed by atoms with van der Waals surface area (Å²) < 4.78 is 39.6. The molecule has 1 aliphatic rings. The van der Waals surface area contributed by atoms with Crippen LogP contribution in [0.3, 0.4) is 0 Å². The number of carbonyl (C=O) groups excluding carboxylic acids is 1. The molecule has 7 heteroatoms. The lowest BCUT2D eigenvalue weighted by molar-refractivity contribution is -0.137. The Kier molecular flexibility index (Phi) is 3.50. The van der Waals surface area contributed by atoms with Crippen LogP contribution in [0.4, 0.5) is 18.9 Å². The number of hydrogen-bond acceptors (Lipinski definition) is 2. The first-order valence-electron chi connectivity index (χ1n) is 7.02. The van der Waals surface area contributed by atoms with E-state index >= 15 is 0 Å². The summed E-state index contributed by atoms with van der Waals surface area (Å²) in [6, 6.07) is 4.50. The Labute approximate surface area is 130 Å². The number of rotatable bonds is 2. The first-order chi connectivity index (χ1) is 10.8. The highest BCUT2D eigenvalue weighted by atomic mass is 19.4. The molecule has 0 radical (unpaired) electrons. The maximum Gasteiger partial charge on any atom is 0.416 e. The molecule has 4 nitrogen and oxygen atoms in total. The van der Waals surface area contributed by atoms with Gasteiger partial charge in [-0.2, -0.15) is 18.3 Å². The minimum absolute atomic E-state index is 0.0845. The van der Waals surface area contributed by atoms with E-state index in [-0.39, 0.29) is 11.9 Å². The molecule has 0 bridgehead atoms. The van der Waals surface area contributed by atoms with E-state index in [0.717, 1.165) is 12.1 Å². The SMILES string of the molecule is C=Cc1cnn2c1C(=O)N(c1ccc(C(F)(F)F)cc1)C[C@@H]2C. The Hall–Kier alpha value is -2.57. The van der Waals surface area contributed by atoms with Crippen molar-refractivity contribution < 1.29 is 18.0 Å².